The largest absolute Gasteiger partial charge is 0.409 e. The summed E-state index contributed by atoms with van der Waals surface area (Å²) in [6.07, 6.45) is 5.66. The Morgan fingerprint density at radius 1 is 1.26 bits per heavy atom. The molecule has 0 amide bonds. The van der Waals surface area contributed by atoms with Crippen molar-refractivity contribution in [3.05, 3.63) is 11.6 Å². The molecule has 1 spiro atoms. The Balaban J connectivity index is 1.78. The molecule has 4 nitrogen and oxygen atoms in total. The SMILES string of the molecule is CC1=CC[C@H](C(C)C)[C@@H]2[C@H]1[C@H]1CC3(CO3)[C@@H](O)CC[C@@](C)(O[Si](C)(C)C(C)(C)C)[C@@H]2O1. The molecule has 1 N–H and O–H groups in total. The van der Waals surface area contributed by atoms with Crippen LogP contribution in [0.1, 0.15) is 74.1 Å². The highest BCUT2D eigenvalue weighted by Gasteiger charge is 2.63. The highest BCUT2D eigenvalue weighted by atomic mass is 28.4. The fourth-order valence-corrected chi connectivity index (χ4v) is 8.19. The zero-order chi connectivity index (χ0) is 23.0. The van der Waals surface area contributed by atoms with Gasteiger partial charge in [0.1, 0.15) is 5.60 Å². The molecule has 178 valence electrons. The van der Waals surface area contributed by atoms with E-state index in [1.807, 2.05) is 0 Å². The van der Waals surface area contributed by atoms with E-state index >= 15 is 0 Å². The van der Waals surface area contributed by atoms with Crippen LogP contribution in [-0.4, -0.2) is 49.5 Å². The number of ether oxygens (including phenoxy) is 2. The third-order valence-electron chi connectivity index (χ3n) is 9.55. The van der Waals surface area contributed by atoms with Gasteiger partial charge in [0.25, 0.3) is 0 Å². The van der Waals surface area contributed by atoms with Crippen LogP contribution in [0, 0.1) is 23.7 Å². The van der Waals surface area contributed by atoms with Crippen LogP contribution in [0.2, 0.25) is 18.1 Å². The third kappa shape index (κ3) is 4.01. The zero-order valence-electron chi connectivity index (χ0n) is 21.3. The molecule has 0 aromatic rings. The van der Waals surface area contributed by atoms with E-state index in [-0.39, 0.29) is 17.2 Å². The van der Waals surface area contributed by atoms with Gasteiger partial charge in [0.15, 0.2) is 8.32 Å². The molecule has 3 aliphatic heterocycles. The second kappa shape index (κ2) is 7.66. The van der Waals surface area contributed by atoms with Crippen molar-refractivity contribution in [2.75, 3.05) is 6.61 Å². The standard InChI is InChI=1S/C26H46O4Si/c1-16(2)18-11-10-17(3)21-19-14-26(15-28-26)20(27)12-13-25(7,23(29-19)22(18)21)30-31(8,9)24(4,5)6/h10,16,18-23,27H,11-15H2,1-9H3/t18-,19-,20+,21-,22-,23-,25-,26?/m1/s1. The maximum atomic E-state index is 11.1. The second-order valence-corrected chi connectivity index (χ2v) is 17.8. The first-order valence-corrected chi connectivity index (χ1v) is 15.5. The Labute approximate surface area is 191 Å². The van der Waals surface area contributed by atoms with E-state index in [9.17, 15) is 5.11 Å². The summed E-state index contributed by atoms with van der Waals surface area (Å²) in [6, 6.07) is 0. The number of aliphatic hydroxyl groups excluding tert-OH is 1. The summed E-state index contributed by atoms with van der Waals surface area (Å²) in [5.74, 6) is 2.08. The molecule has 0 aromatic heterocycles. The first-order valence-electron chi connectivity index (χ1n) is 12.6. The van der Waals surface area contributed by atoms with Crippen LogP contribution in [0.5, 0.6) is 0 Å². The molecular weight excluding hydrogens is 404 g/mol. The molecule has 0 aromatic carbocycles. The van der Waals surface area contributed by atoms with Gasteiger partial charge in [-0.25, -0.2) is 0 Å². The third-order valence-corrected chi connectivity index (χ3v) is 14.1. The predicted molar refractivity (Wildman–Crippen MR) is 128 cm³/mol. The maximum absolute atomic E-state index is 11.1. The van der Waals surface area contributed by atoms with E-state index < -0.39 is 25.6 Å². The van der Waals surface area contributed by atoms with Crippen LogP contribution < -0.4 is 0 Å². The smallest absolute Gasteiger partial charge is 0.192 e. The molecule has 3 saturated heterocycles. The summed E-state index contributed by atoms with van der Waals surface area (Å²) in [5.41, 5.74) is 0.666. The van der Waals surface area contributed by atoms with Crippen LogP contribution in [0.4, 0.5) is 0 Å². The lowest BCUT2D eigenvalue weighted by Crippen LogP contribution is -2.57. The first kappa shape index (κ1) is 23.9. The number of fused-ring (bicyclic) bond motifs is 5. The number of rotatable bonds is 3. The van der Waals surface area contributed by atoms with Gasteiger partial charge in [-0.15, -0.1) is 0 Å². The molecule has 1 aliphatic carbocycles. The van der Waals surface area contributed by atoms with Crippen molar-refractivity contribution >= 4 is 8.32 Å². The lowest BCUT2D eigenvalue weighted by molar-refractivity contribution is -0.109. The van der Waals surface area contributed by atoms with Crippen molar-refractivity contribution in [3.63, 3.8) is 0 Å². The highest BCUT2D eigenvalue weighted by Crippen LogP contribution is 2.57. The van der Waals surface area contributed by atoms with Gasteiger partial charge in [-0.3, -0.25) is 0 Å². The highest BCUT2D eigenvalue weighted by molar-refractivity contribution is 6.74. The van der Waals surface area contributed by atoms with Crippen molar-refractivity contribution in [2.45, 2.75) is 122 Å². The zero-order valence-corrected chi connectivity index (χ0v) is 22.3. The summed E-state index contributed by atoms with van der Waals surface area (Å²) < 4.78 is 20.2. The molecule has 2 bridgehead atoms. The van der Waals surface area contributed by atoms with Gasteiger partial charge >= 0.3 is 0 Å². The Morgan fingerprint density at radius 2 is 1.90 bits per heavy atom. The fraction of sp³-hybridized carbons (Fsp3) is 0.923. The normalized spacial score (nSPS) is 45.7. The lowest BCUT2D eigenvalue weighted by Gasteiger charge is -2.50. The van der Waals surface area contributed by atoms with E-state index in [0.717, 1.165) is 25.7 Å². The average molecular weight is 451 g/mol. The minimum atomic E-state index is -2.03. The predicted octanol–water partition coefficient (Wildman–Crippen LogP) is 5.70. The van der Waals surface area contributed by atoms with Gasteiger partial charge in [0.2, 0.25) is 0 Å². The van der Waals surface area contributed by atoms with Crippen molar-refractivity contribution in [1.29, 1.82) is 0 Å². The van der Waals surface area contributed by atoms with Crippen molar-refractivity contribution in [1.82, 2.24) is 0 Å². The van der Waals surface area contributed by atoms with Crippen molar-refractivity contribution < 1.29 is 19.0 Å². The monoisotopic (exact) mass is 450 g/mol. The van der Waals surface area contributed by atoms with Gasteiger partial charge in [-0.1, -0.05) is 46.3 Å². The van der Waals surface area contributed by atoms with E-state index in [0.29, 0.717) is 30.3 Å². The average Bonchev–Trinajstić information content (AvgIpc) is 3.31. The topological polar surface area (TPSA) is 51.2 Å². The van der Waals surface area contributed by atoms with Crippen molar-refractivity contribution in [2.24, 2.45) is 23.7 Å². The van der Waals surface area contributed by atoms with Crippen molar-refractivity contribution in [3.8, 4) is 0 Å². The van der Waals surface area contributed by atoms with Crippen LogP contribution in [0.15, 0.2) is 11.6 Å². The molecule has 3 heterocycles. The molecule has 5 heteroatoms. The molecule has 1 unspecified atom stereocenters. The number of aliphatic hydroxyl groups is 1. The molecule has 3 fully saturated rings. The first-order chi connectivity index (χ1) is 14.2. The van der Waals surface area contributed by atoms with Gasteiger partial charge < -0.3 is 19.0 Å². The van der Waals surface area contributed by atoms with E-state index in [4.69, 9.17) is 13.9 Å². The summed E-state index contributed by atoms with van der Waals surface area (Å²) in [4.78, 5) is 0. The minimum absolute atomic E-state index is 0.0637. The summed E-state index contributed by atoms with van der Waals surface area (Å²) in [5, 5.41) is 11.2. The van der Waals surface area contributed by atoms with Gasteiger partial charge in [-0.2, -0.15) is 0 Å². The van der Waals surface area contributed by atoms with Gasteiger partial charge in [0.05, 0.1) is 30.5 Å². The Bertz CT molecular complexity index is 719. The van der Waals surface area contributed by atoms with Crippen LogP contribution in [0.25, 0.3) is 0 Å². The number of epoxide rings is 1. The molecule has 31 heavy (non-hydrogen) atoms. The number of hydrogen-bond acceptors (Lipinski definition) is 4. The minimum Gasteiger partial charge on any atom is -0.409 e. The second-order valence-electron chi connectivity index (χ2n) is 13.1. The molecular formula is C26H46O4Si. The van der Waals surface area contributed by atoms with E-state index in [1.165, 1.54) is 5.57 Å². The van der Waals surface area contributed by atoms with Crippen LogP contribution in [-0.2, 0) is 13.9 Å². The van der Waals surface area contributed by atoms with E-state index in [1.54, 1.807) is 0 Å². The van der Waals surface area contributed by atoms with E-state index in [2.05, 4.69) is 67.6 Å². The maximum Gasteiger partial charge on any atom is 0.192 e. The Kier molecular flexibility index (Phi) is 5.91. The summed E-state index contributed by atoms with van der Waals surface area (Å²) in [6.45, 7) is 21.6. The molecule has 4 rings (SSSR count). The quantitative estimate of drug-likeness (QED) is 0.340. The molecule has 0 radical (unpaired) electrons. The molecule has 0 saturated carbocycles. The molecule has 8 atom stereocenters. The molecule has 4 aliphatic rings. The fourth-order valence-electron chi connectivity index (χ4n) is 6.50. The number of allylic oxidation sites excluding steroid dienone is 1. The van der Waals surface area contributed by atoms with Gasteiger partial charge in [-0.05, 0) is 63.1 Å². The van der Waals surface area contributed by atoms with Crippen LogP contribution in [0.3, 0.4) is 0 Å². The lowest BCUT2D eigenvalue weighted by atomic mass is 9.62. The number of hydrogen-bond donors (Lipinski definition) is 1. The Morgan fingerprint density at radius 3 is 2.45 bits per heavy atom. The summed E-state index contributed by atoms with van der Waals surface area (Å²) >= 11 is 0. The van der Waals surface area contributed by atoms with Gasteiger partial charge in [0, 0.05) is 18.3 Å². The Hall–Kier alpha value is -0.203. The van der Waals surface area contributed by atoms with Crippen LogP contribution >= 0.6 is 0 Å². The summed E-state index contributed by atoms with van der Waals surface area (Å²) in [7, 11) is -2.03.